The van der Waals surface area contributed by atoms with Gasteiger partial charge in [0.15, 0.2) is 0 Å². The second-order valence-corrected chi connectivity index (χ2v) is 6.03. The van der Waals surface area contributed by atoms with Gasteiger partial charge in [-0.3, -0.25) is 0 Å². The number of nitrogens with one attached hydrogen (secondary N) is 1. The SMILES string of the molecule is OC(CNC1CCSCC1)c1cccs1. The summed E-state index contributed by atoms with van der Waals surface area (Å²) < 4.78 is 0. The van der Waals surface area contributed by atoms with E-state index in [-0.39, 0.29) is 6.10 Å². The average Bonchev–Trinajstić information content (AvgIpc) is 2.81. The van der Waals surface area contributed by atoms with Crippen molar-refractivity contribution in [2.24, 2.45) is 0 Å². The molecular formula is C11H17NOS2. The highest BCUT2D eigenvalue weighted by Gasteiger charge is 2.15. The Hall–Kier alpha value is -0.0300. The first-order chi connectivity index (χ1) is 7.36. The first-order valence-electron chi connectivity index (χ1n) is 5.39. The van der Waals surface area contributed by atoms with Crippen LogP contribution in [0.2, 0.25) is 0 Å². The van der Waals surface area contributed by atoms with Crippen molar-refractivity contribution in [1.29, 1.82) is 0 Å². The van der Waals surface area contributed by atoms with E-state index in [0.717, 1.165) is 4.88 Å². The number of aliphatic hydroxyl groups excluding tert-OH is 1. The molecule has 2 nitrogen and oxygen atoms in total. The van der Waals surface area contributed by atoms with Crippen LogP contribution in [0.25, 0.3) is 0 Å². The minimum Gasteiger partial charge on any atom is -0.386 e. The van der Waals surface area contributed by atoms with Crippen molar-refractivity contribution in [2.75, 3.05) is 18.1 Å². The Morgan fingerprint density at radius 3 is 2.93 bits per heavy atom. The molecule has 84 valence electrons. The lowest BCUT2D eigenvalue weighted by molar-refractivity contribution is 0.172. The molecule has 2 heterocycles. The van der Waals surface area contributed by atoms with E-state index in [2.05, 4.69) is 5.32 Å². The zero-order chi connectivity index (χ0) is 10.5. The van der Waals surface area contributed by atoms with Crippen LogP contribution in [-0.2, 0) is 0 Å². The molecule has 1 atom stereocenters. The molecular weight excluding hydrogens is 226 g/mol. The molecule has 1 saturated heterocycles. The molecule has 1 aromatic rings. The molecule has 15 heavy (non-hydrogen) atoms. The van der Waals surface area contributed by atoms with Gasteiger partial charge in [0.2, 0.25) is 0 Å². The third-order valence-electron chi connectivity index (χ3n) is 2.69. The molecule has 0 spiro atoms. The van der Waals surface area contributed by atoms with Crippen LogP contribution >= 0.6 is 23.1 Å². The summed E-state index contributed by atoms with van der Waals surface area (Å²) in [6.07, 6.45) is 2.14. The van der Waals surface area contributed by atoms with E-state index >= 15 is 0 Å². The van der Waals surface area contributed by atoms with Crippen LogP contribution in [-0.4, -0.2) is 29.2 Å². The summed E-state index contributed by atoms with van der Waals surface area (Å²) in [5, 5.41) is 15.3. The molecule has 2 rings (SSSR count). The number of thioether (sulfide) groups is 1. The van der Waals surface area contributed by atoms with Crippen molar-refractivity contribution in [3.63, 3.8) is 0 Å². The lowest BCUT2D eigenvalue weighted by Crippen LogP contribution is -2.35. The highest BCUT2D eigenvalue weighted by molar-refractivity contribution is 7.99. The second kappa shape index (κ2) is 5.89. The number of rotatable bonds is 4. The van der Waals surface area contributed by atoms with Gasteiger partial charge in [-0.05, 0) is 35.8 Å². The summed E-state index contributed by atoms with van der Waals surface area (Å²) in [4.78, 5) is 1.06. The van der Waals surface area contributed by atoms with Crippen LogP contribution in [0.4, 0.5) is 0 Å². The Bertz CT molecular complexity index is 270. The minimum atomic E-state index is -0.334. The lowest BCUT2D eigenvalue weighted by Gasteiger charge is -2.23. The lowest BCUT2D eigenvalue weighted by atomic mass is 10.1. The highest BCUT2D eigenvalue weighted by Crippen LogP contribution is 2.20. The van der Waals surface area contributed by atoms with E-state index in [9.17, 15) is 5.11 Å². The fraction of sp³-hybridized carbons (Fsp3) is 0.636. The molecule has 1 aromatic heterocycles. The van der Waals surface area contributed by atoms with Gasteiger partial charge in [-0.15, -0.1) is 11.3 Å². The predicted molar refractivity (Wildman–Crippen MR) is 67.6 cm³/mol. The van der Waals surface area contributed by atoms with Crippen LogP contribution in [0.1, 0.15) is 23.8 Å². The summed E-state index contributed by atoms with van der Waals surface area (Å²) in [6.45, 7) is 0.690. The number of aliphatic hydroxyl groups is 1. The summed E-state index contributed by atoms with van der Waals surface area (Å²) in [6, 6.07) is 4.59. The van der Waals surface area contributed by atoms with Crippen molar-refractivity contribution >= 4 is 23.1 Å². The van der Waals surface area contributed by atoms with E-state index in [1.54, 1.807) is 11.3 Å². The molecule has 0 radical (unpaired) electrons. The van der Waals surface area contributed by atoms with Crippen molar-refractivity contribution in [1.82, 2.24) is 5.32 Å². The average molecular weight is 243 g/mol. The van der Waals surface area contributed by atoms with E-state index in [1.165, 1.54) is 24.3 Å². The third-order valence-corrected chi connectivity index (χ3v) is 4.72. The smallest absolute Gasteiger partial charge is 0.101 e. The second-order valence-electron chi connectivity index (χ2n) is 3.83. The van der Waals surface area contributed by atoms with Gasteiger partial charge in [-0.25, -0.2) is 0 Å². The molecule has 0 saturated carbocycles. The molecule has 1 fully saturated rings. The monoisotopic (exact) mass is 243 g/mol. The van der Waals surface area contributed by atoms with Crippen LogP contribution in [0.5, 0.6) is 0 Å². The van der Waals surface area contributed by atoms with Crippen molar-refractivity contribution in [3.8, 4) is 0 Å². The van der Waals surface area contributed by atoms with Crippen LogP contribution in [0, 0.1) is 0 Å². The largest absolute Gasteiger partial charge is 0.386 e. The molecule has 0 aliphatic carbocycles. The third kappa shape index (κ3) is 3.48. The molecule has 4 heteroatoms. The van der Waals surface area contributed by atoms with Crippen LogP contribution in [0.15, 0.2) is 17.5 Å². The normalized spacial score (nSPS) is 20.3. The quantitative estimate of drug-likeness (QED) is 0.851. The van der Waals surface area contributed by atoms with Gasteiger partial charge in [-0.1, -0.05) is 6.07 Å². The predicted octanol–water partition coefficient (Wildman–Crippen LogP) is 2.27. The van der Waals surface area contributed by atoms with E-state index in [1.807, 2.05) is 29.3 Å². The van der Waals surface area contributed by atoms with Gasteiger partial charge in [0.05, 0.1) is 0 Å². The minimum absolute atomic E-state index is 0.334. The van der Waals surface area contributed by atoms with E-state index in [0.29, 0.717) is 12.6 Å². The van der Waals surface area contributed by atoms with Gasteiger partial charge in [0, 0.05) is 17.5 Å². The van der Waals surface area contributed by atoms with Gasteiger partial charge in [-0.2, -0.15) is 11.8 Å². The standard InChI is InChI=1S/C11H17NOS2/c13-10(11-2-1-5-15-11)8-12-9-3-6-14-7-4-9/h1-2,5,9-10,12-13H,3-4,6-8H2. The van der Waals surface area contributed by atoms with Gasteiger partial charge in [0.1, 0.15) is 6.10 Å². The summed E-state index contributed by atoms with van der Waals surface area (Å²) in [7, 11) is 0. The maximum absolute atomic E-state index is 9.88. The fourth-order valence-electron chi connectivity index (χ4n) is 1.76. The Morgan fingerprint density at radius 1 is 1.47 bits per heavy atom. The number of hydrogen-bond acceptors (Lipinski definition) is 4. The Kier molecular flexibility index (Phi) is 4.50. The molecule has 1 aliphatic rings. The molecule has 2 N–H and O–H groups in total. The maximum Gasteiger partial charge on any atom is 0.101 e. The van der Waals surface area contributed by atoms with Crippen LogP contribution < -0.4 is 5.32 Å². The van der Waals surface area contributed by atoms with Crippen molar-refractivity contribution < 1.29 is 5.11 Å². The first kappa shape index (κ1) is 11.5. The van der Waals surface area contributed by atoms with Crippen molar-refractivity contribution in [2.45, 2.75) is 25.0 Å². The maximum atomic E-state index is 9.88. The summed E-state index contributed by atoms with van der Waals surface area (Å²) in [5.41, 5.74) is 0. The summed E-state index contributed by atoms with van der Waals surface area (Å²) >= 11 is 3.65. The van der Waals surface area contributed by atoms with E-state index < -0.39 is 0 Å². The van der Waals surface area contributed by atoms with Gasteiger partial charge >= 0.3 is 0 Å². The molecule has 0 bridgehead atoms. The first-order valence-corrected chi connectivity index (χ1v) is 7.42. The highest BCUT2D eigenvalue weighted by atomic mass is 32.2. The Morgan fingerprint density at radius 2 is 2.27 bits per heavy atom. The molecule has 0 aromatic carbocycles. The Balaban J connectivity index is 1.73. The van der Waals surface area contributed by atoms with Crippen molar-refractivity contribution in [3.05, 3.63) is 22.4 Å². The fourth-order valence-corrected chi connectivity index (χ4v) is 3.58. The molecule has 1 unspecified atom stereocenters. The topological polar surface area (TPSA) is 32.3 Å². The number of hydrogen-bond donors (Lipinski definition) is 2. The summed E-state index contributed by atoms with van der Waals surface area (Å²) in [5.74, 6) is 2.51. The van der Waals surface area contributed by atoms with Crippen LogP contribution in [0.3, 0.4) is 0 Å². The van der Waals surface area contributed by atoms with E-state index in [4.69, 9.17) is 0 Å². The zero-order valence-electron chi connectivity index (χ0n) is 8.69. The Labute approximate surface area is 99.1 Å². The number of thiophene rings is 1. The zero-order valence-corrected chi connectivity index (χ0v) is 10.3. The van der Waals surface area contributed by atoms with Gasteiger partial charge in [0.25, 0.3) is 0 Å². The molecule has 1 aliphatic heterocycles. The van der Waals surface area contributed by atoms with Gasteiger partial charge < -0.3 is 10.4 Å². The molecule has 0 amide bonds.